The molecule has 0 atom stereocenters. The predicted octanol–water partition coefficient (Wildman–Crippen LogP) is 2.22. The Morgan fingerprint density at radius 1 is 1.20 bits per heavy atom. The smallest absolute Gasteiger partial charge is 0.0688 e. The Kier molecular flexibility index (Phi) is 3.60. The van der Waals surface area contributed by atoms with Crippen LogP contribution in [-0.2, 0) is 4.74 Å². The molecule has 0 aliphatic rings. The van der Waals surface area contributed by atoms with Crippen molar-refractivity contribution >= 4 is 8.80 Å². The number of hydrogen-bond donors (Lipinski definition) is 0. The Balaban J connectivity index is 3.87. The van der Waals surface area contributed by atoms with Gasteiger partial charge in [-0.3, -0.25) is 0 Å². The van der Waals surface area contributed by atoms with Gasteiger partial charge in [0.15, 0.2) is 0 Å². The molecule has 0 aromatic rings. The van der Waals surface area contributed by atoms with Crippen LogP contribution in [0.15, 0.2) is 0 Å². The minimum atomic E-state index is -0.658. The van der Waals surface area contributed by atoms with Gasteiger partial charge in [-0.1, -0.05) is 13.1 Å². The zero-order valence-electron chi connectivity index (χ0n) is 8.06. The molecule has 0 heterocycles. The molecule has 0 saturated heterocycles. The van der Waals surface area contributed by atoms with E-state index in [0.717, 1.165) is 0 Å². The summed E-state index contributed by atoms with van der Waals surface area (Å²) < 4.78 is 5.76. The fourth-order valence-electron chi connectivity index (χ4n) is 0.744. The molecule has 0 spiro atoms. The monoisotopic (exact) mass is 160 g/mol. The summed E-state index contributed by atoms with van der Waals surface area (Å²) in [6, 6.07) is 0. The van der Waals surface area contributed by atoms with E-state index in [2.05, 4.69) is 40.8 Å². The van der Waals surface area contributed by atoms with Crippen molar-refractivity contribution in [2.45, 2.75) is 52.1 Å². The van der Waals surface area contributed by atoms with Gasteiger partial charge in [-0.2, -0.15) is 0 Å². The van der Waals surface area contributed by atoms with Gasteiger partial charge in [0.05, 0.1) is 14.9 Å². The minimum Gasteiger partial charge on any atom is -0.377 e. The van der Waals surface area contributed by atoms with E-state index in [0.29, 0.717) is 6.10 Å². The first kappa shape index (κ1) is 10.2. The quantitative estimate of drug-likeness (QED) is 0.575. The average molecular weight is 160 g/mol. The van der Waals surface area contributed by atoms with Gasteiger partial charge in [0, 0.05) is 5.22 Å². The molecule has 0 N–H and O–H groups in total. The highest BCUT2D eigenvalue weighted by Gasteiger charge is 2.24. The summed E-state index contributed by atoms with van der Waals surface area (Å²) in [6.07, 6.45) is 0.366. The van der Waals surface area contributed by atoms with Crippen molar-refractivity contribution in [3.05, 3.63) is 0 Å². The molecular formula is C8H20OSi. The van der Waals surface area contributed by atoms with E-state index in [4.69, 9.17) is 4.74 Å². The maximum absolute atomic E-state index is 5.76. The zero-order valence-corrected chi connectivity index (χ0v) is 9.22. The Hall–Kier alpha value is 0.177. The summed E-state index contributed by atoms with van der Waals surface area (Å²) in [5.74, 6) is 0. The van der Waals surface area contributed by atoms with Crippen molar-refractivity contribution in [3.63, 3.8) is 0 Å². The molecule has 0 rings (SSSR count). The van der Waals surface area contributed by atoms with Crippen LogP contribution in [-0.4, -0.2) is 20.1 Å². The van der Waals surface area contributed by atoms with Crippen molar-refractivity contribution in [1.82, 2.24) is 0 Å². The van der Waals surface area contributed by atoms with E-state index < -0.39 is 8.80 Å². The Labute approximate surface area is 66.4 Å². The lowest BCUT2D eigenvalue weighted by Gasteiger charge is -2.30. The SMILES string of the molecule is CC(C)OC(C)(C)[SiH](C)C. The standard InChI is InChI=1S/C8H20OSi/c1-7(2)9-8(3,4)10(5)6/h7,10H,1-6H3. The first-order chi connectivity index (χ1) is 4.36. The molecule has 0 radical (unpaired) electrons. The van der Waals surface area contributed by atoms with Gasteiger partial charge in [-0.25, -0.2) is 0 Å². The third-order valence-corrected chi connectivity index (χ3v) is 4.85. The lowest BCUT2D eigenvalue weighted by Crippen LogP contribution is -2.40. The second-order valence-electron chi connectivity index (χ2n) is 3.92. The molecule has 10 heavy (non-hydrogen) atoms. The molecule has 2 heteroatoms. The van der Waals surface area contributed by atoms with E-state index in [1.807, 2.05) is 0 Å². The Bertz CT molecular complexity index is 97.4. The largest absolute Gasteiger partial charge is 0.377 e. The van der Waals surface area contributed by atoms with Crippen LogP contribution in [0.25, 0.3) is 0 Å². The summed E-state index contributed by atoms with van der Waals surface area (Å²) in [5, 5.41) is 0.161. The van der Waals surface area contributed by atoms with Crippen LogP contribution < -0.4 is 0 Å². The second-order valence-corrected chi connectivity index (χ2v) is 7.62. The fraction of sp³-hybridized carbons (Fsp3) is 1.00. The van der Waals surface area contributed by atoms with Gasteiger partial charge >= 0.3 is 0 Å². The first-order valence-electron chi connectivity index (χ1n) is 4.04. The van der Waals surface area contributed by atoms with Crippen molar-refractivity contribution in [3.8, 4) is 0 Å². The Morgan fingerprint density at radius 3 is 1.70 bits per heavy atom. The van der Waals surface area contributed by atoms with E-state index in [1.165, 1.54) is 0 Å². The molecule has 0 aliphatic carbocycles. The molecule has 0 unspecified atom stereocenters. The predicted molar refractivity (Wildman–Crippen MR) is 49.2 cm³/mol. The van der Waals surface area contributed by atoms with Gasteiger partial charge < -0.3 is 4.74 Å². The topological polar surface area (TPSA) is 9.23 Å². The van der Waals surface area contributed by atoms with E-state index in [1.54, 1.807) is 0 Å². The molecule has 0 aromatic heterocycles. The average Bonchev–Trinajstić information content (AvgIpc) is 1.60. The van der Waals surface area contributed by atoms with Crippen LogP contribution in [0.1, 0.15) is 27.7 Å². The molecule has 0 aromatic carbocycles. The maximum atomic E-state index is 5.76. The maximum Gasteiger partial charge on any atom is 0.0688 e. The lowest BCUT2D eigenvalue weighted by molar-refractivity contribution is -0.00426. The van der Waals surface area contributed by atoms with Crippen LogP contribution in [0.3, 0.4) is 0 Å². The van der Waals surface area contributed by atoms with E-state index in [9.17, 15) is 0 Å². The molecular weight excluding hydrogens is 140 g/mol. The molecule has 0 bridgehead atoms. The van der Waals surface area contributed by atoms with Gasteiger partial charge in [0.25, 0.3) is 0 Å². The highest BCUT2D eigenvalue weighted by molar-refractivity contribution is 6.58. The summed E-state index contributed by atoms with van der Waals surface area (Å²) in [5.41, 5.74) is 0. The molecule has 62 valence electrons. The molecule has 0 aliphatic heterocycles. The molecule has 0 amide bonds. The van der Waals surface area contributed by atoms with Crippen molar-refractivity contribution in [1.29, 1.82) is 0 Å². The van der Waals surface area contributed by atoms with Gasteiger partial charge in [-0.05, 0) is 27.7 Å². The van der Waals surface area contributed by atoms with Gasteiger partial charge in [-0.15, -0.1) is 0 Å². The van der Waals surface area contributed by atoms with Crippen LogP contribution >= 0.6 is 0 Å². The number of hydrogen-bond acceptors (Lipinski definition) is 1. The normalized spacial score (nSPS) is 13.2. The molecule has 0 saturated carbocycles. The van der Waals surface area contributed by atoms with Crippen LogP contribution in [0, 0.1) is 0 Å². The summed E-state index contributed by atoms with van der Waals surface area (Å²) in [6.45, 7) is 13.2. The van der Waals surface area contributed by atoms with E-state index in [-0.39, 0.29) is 5.22 Å². The second kappa shape index (κ2) is 3.53. The van der Waals surface area contributed by atoms with Crippen molar-refractivity contribution < 1.29 is 4.74 Å². The van der Waals surface area contributed by atoms with Crippen molar-refractivity contribution in [2.75, 3.05) is 0 Å². The third kappa shape index (κ3) is 3.37. The number of ether oxygens (including phenoxy) is 1. The minimum absolute atomic E-state index is 0.161. The highest BCUT2D eigenvalue weighted by Crippen LogP contribution is 2.15. The summed E-state index contributed by atoms with van der Waals surface area (Å²) in [4.78, 5) is 0. The fourth-order valence-corrected chi connectivity index (χ4v) is 1.29. The molecule has 0 fully saturated rings. The van der Waals surface area contributed by atoms with Crippen LogP contribution in [0.4, 0.5) is 0 Å². The highest BCUT2D eigenvalue weighted by atomic mass is 28.3. The van der Waals surface area contributed by atoms with Gasteiger partial charge in [0.2, 0.25) is 0 Å². The molecule has 1 nitrogen and oxygen atoms in total. The summed E-state index contributed by atoms with van der Waals surface area (Å²) >= 11 is 0. The Morgan fingerprint density at radius 2 is 1.60 bits per heavy atom. The van der Waals surface area contributed by atoms with Crippen molar-refractivity contribution in [2.24, 2.45) is 0 Å². The first-order valence-corrected chi connectivity index (χ1v) is 6.92. The number of rotatable bonds is 3. The van der Waals surface area contributed by atoms with Crippen LogP contribution in [0.2, 0.25) is 13.1 Å². The van der Waals surface area contributed by atoms with Gasteiger partial charge in [0.1, 0.15) is 0 Å². The summed E-state index contributed by atoms with van der Waals surface area (Å²) in [7, 11) is -0.658. The zero-order chi connectivity index (χ0) is 8.36. The lowest BCUT2D eigenvalue weighted by atomic mass is 10.4. The van der Waals surface area contributed by atoms with E-state index >= 15 is 0 Å². The van der Waals surface area contributed by atoms with Crippen LogP contribution in [0.5, 0.6) is 0 Å². The third-order valence-electron chi connectivity index (χ3n) is 1.93.